The van der Waals surface area contributed by atoms with Crippen molar-refractivity contribution in [1.29, 1.82) is 0 Å². The Morgan fingerprint density at radius 2 is 2.24 bits per heavy atom. The van der Waals surface area contributed by atoms with Crippen LogP contribution in [0.4, 0.5) is 5.82 Å². The van der Waals surface area contributed by atoms with E-state index in [1.54, 1.807) is 30.9 Å². The molecule has 0 fully saturated rings. The normalized spacial score (nSPS) is 12.0. The Bertz CT molecular complexity index is 639. The van der Waals surface area contributed by atoms with Gasteiger partial charge in [0.1, 0.15) is 17.6 Å². The van der Waals surface area contributed by atoms with Gasteiger partial charge in [0.25, 0.3) is 5.91 Å². The SMILES string of the molecule is CC(CO)Oc1cc(O)cc(C(=O)Nc2ccn(C)n2)c1. The van der Waals surface area contributed by atoms with Gasteiger partial charge in [0.2, 0.25) is 0 Å². The molecular formula is C14H17N3O4. The highest BCUT2D eigenvalue weighted by atomic mass is 16.5. The maximum absolute atomic E-state index is 12.1. The largest absolute Gasteiger partial charge is 0.508 e. The summed E-state index contributed by atoms with van der Waals surface area (Å²) < 4.78 is 6.94. The van der Waals surface area contributed by atoms with Gasteiger partial charge >= 0.3 is 0 Å². The molecule has 1 aromatic heterocycles. The van der Waals surface area contributed by atoms with Crippen LogP contribution in [0.3, 0.4) is 0 Å². The highest BCUT2D eigenvalue weighted by molar-refractivity contribution is 6.04. The number of nitrogens with one attached hydrogen (secondary N) is 1. The number of benzene rings is 1. The molecule has 0 saturated carbocycles. The Hall–Kier alpha value is -2.54. The van der Waals surface area contributed by atoms with Crippen LogP contribution >= 0.6 is 0 Å². The number of carbonyl (C=O) groups is 1. The number of hydrogen-bond donors (Lipinski definition) is 3. The molecule has 2 rings (SSSR count). The lowest BCUT2D eigenvalue weighted by Crippen LogP contribution is -2.17. The molecule has 0 aliphatic carbocycles. The lowest BCUT2D eigenvalue weighted by Gasteiger charge is -2.13. The number of nitrogens with zero attached hydrogens (tertiary/aromatic N) is 2. The number of aromatic hydroxyl groups is 1. The van der Waals surface area contributed by atoms with Crippen molar-refractivity contribution in [3.05, 3.63) is 36.0 Å². The lowest BCUT2D eigenvalue weighted by atomic mass is 10.2. The van der Waals surface area contributed by atoms with Gasteiger partial charge < -0.3 is 20.3 Å². The number of anilines is 1. The maximum Gasteiger partial charge on any atom is 0.257 e. The van der Waals surface area contributed by atoms with Gasteiger partial charge in [-0.1, -0.05) is 0 Å². The van der Waals surface area contributed by atoms with Gasteiger partial charge in [-0.2, -0.15) is 5.10 Å². The van der Waals surface area contributed by atoms with Gasteiger partial charge in [0.05, 0.1) is 6.61 Å². The maximum atomic E-state index is 12.1. The molecule has 0 radical (unpaired) electrons. The van der Waals surface area contributed by atoms with Crippen molar-refractivity contribution in [2.45, 2.75) is 13.0 Å². The van der Waals surface area contributed by atoms with Crippen molar-refractivity contribution in [3.63, 3.8) is 0 Å². The van der Waals surface area contributed by atoms with Crippen LogP contribution in [0.2, 0.25) is 0 Å². The fourth-order valence-electron chi connectivity index (χ4n) is 1.72. The number of ether oxygens (including phenoxy) is 1. The number of rotatable bonds is 5. The number of hydrogen-bond acceptors (Lipinski definition) is 5. The molecule has 7 nitrogen and oxygen atoms in total. The van der Waals surface area contributed by atoms with E-state index in [0.29, 0.717) is 11.6 Å². The molecule has 1 aromatic carbocycles. The Balaban J connectivity index is 2.16. The number of aryl methyl sites for hydroxylation is 1. The van der Waals surface area contributed by atoms with E-state index in [-0.39, 0.29) is 17.9 Å². The first-order chi connectivity index (χ1) is 9.97. The van der Waals surface area contributed by atoms with Gasteiger partial charge in [-0.3, -0.25) is 9.48 Å². The van der Waals surface area contributed by atoms with E-state index in [0.717, 1.165) is 0 Å². The van der Waals surface area contributed by atoms with Gasteiger partial charge in [-0.15, -0.1) is 0 Å². The van der Waals surface area contributed by atoms with Crippen LogP contribution < -0.4 is 10.1 Å². The minimum Gasteiger partial charge on any atom is -0.508 e. The van der Waals surface area contributed by atoms with Gasteiger partial charge in [-0.25, -0.2) is 0 Å². The number of phenols is 1. The van der Waals surface area contributed by atoms with E-state index >= 15 is 0 Å². The highest BCUT2D eigenvalue weighted by Gasteiger charge is 2.12. The lowest BCUT2D eigenvalue weighted by molar-refractivity contribution is 0.102. The average molecular weight is 291 g/mol. The summed E-state index contributed by atoms with van der Waals surface area (Å²) in [5.74, 6) is 0.217. The number of carbonyl (C=O) groups excluding carboxylic acids is 1. The Morgan fingerprint density at radius 3 is 2.86 bits per heavy atom. The molecule has 2 aromatic rings. The van der Waals surface area contributed by atoms with E-state index in [1.165, 1.54) is 18.2 Å². The first-order valence-corrected chi connectivity index (χ1v) is 6.40. The van der Waals surface area contributed by atoms with Crippen molar-refractivity contribution in [3.8, 4) is 11.5 Å². The van der Waals surface area contributed by atoms with Gasteiger partial charge in [0.15, 0.2) is 5.82 Å². The fraction of sp³-hybridized carbons (Fsp3) is 0.286. The molecule has 21 heavy (non-hydrogen) atoms. The average Bonchev–Trinajstić information content (AvgIpc) is 2.83. The van der Waals surface area contributed by atoms with E-state index in [2.05, 4.69) is 10.4 Å². The summed E-state index contributed by atoms with van der Waals surface area (Å²) in [7, 11) is 1.74. The molecule has 0 bridgehead atoms. The molecule has 1 unspecified atom stereocenters. The molecule has 1 heterocycles. The summed E-state index contributed by atoms with van der Waals surface area (Å²) in [5, 5.41) is 25.3. The van der Waals surface area contributed by atoms with Crippen molar-refractivity contribution in [2.24, 2.45) is 7.05 Å². The Labute approximate surface area is 121 Å². The fourth-order valence-corrected chi connectivity index (χ4v) is 1.72. The summed E-state index contributed by atoms with van der Waals surface area (Å²) in [6.07, 6.45) is 1.27. The van der Waals surface area contributed by atoms with E-state index in [1.807, 2.05) is 0 Å². The second-order valence-corrected chi connectivity index (χ2v) is 4.66. The number of aliphatic hydroxyl groups is 1. The van der Waals surface area contributed by atoms with E-state index in [4.69, 9.17) is 9.84 Å². The summed E-state index contributed by atoms with van der Waals surface area (Å²) in [6, 6.07) is 5.86. The zero-order valence-corrected chi connectivity index (χ0v) is 11.8. The summed E-state index contributed by atoms with van der Waals surface area (Å²) in [5.41, 5.74) is 0.237. The van der Waals surface area contributed by atoms with Gasteiger partial charge in [0, 0.05) is 30.9 Å². The standard InChI is InChI=1S/C14H17N3O4/c1-9(8-18)21-12-6-10(5-11(19)7-12)14(20)15-13-3-4-17(2)16-13/h3-7,9,18-19H,8H2,1-2H3,(H,15,16,20). The van der Waals surface area contributed by atoms with Crippen LogP contribution in [0.25, 0.3) is 0 Å². The van der Waals surface area contributed by atoms with Crippen LogP contribution in [-0.2, 0) is 7.05 Å². The predicted octanol–water partition coefficient (Wildman–Crippen LogP) is 1.14. The number of aliphatic hydroxyl groups excluding tert-OH is 1. The summed E-state index contributed by atoms with van der Waals surface area (Å²) >= 11 is 0. The minimum absolute atomic E-state index is 0.0937. The van der Waals surface area contributed by atoms with Crippen molar-refractivity contribution < 1.29 is 19.7 Å². The van der Waals surface area contributed by atoms with E-state index in [9.17, 15) is 9.90 Å². The number of amides is 1. The molecular weight excluding hydrogens is 274 g/mol. The zero-order chi connectivity index (χ0) is 15.4. The molecule has 0 spiro atoms. The second kappa shape index (κ2) is 6.27. The first kappa shape index (κ1) is 14.9. The quantitative estimate of drug-likeness (QED) is 0.767. The third kappa shape index (κ3) is 3.96. The van der Waals surface area contributed by atoms with Crippen LogP contribution in [0.15, 0.2) is 30.5 Å². The monoisotopic (exact) mass is 291 g/mol. The smallest absolute Gasteiger partial charge is 0.257 e. The summed E-state index contributed by atoms with van der Waals surface area (Å²) in [4.78, 5) is 12.1. The molecule has 0 aliphatic heterocycles. The zero-order valence-electron chi connectivity index (χ0n) is 11.8. The number of phenolic OH excluding ortho intramolecular Hbond substituents is 1. The van der Waals surface area contributed by atoms with Crippen LogP contribution in [0.1, 0.15) is 17.3 Å². The van der Waals surface area contributed by atoms with Crippen molar-refractivity contribution >= 4 is 11.7 Å². The molecule has 1 atom stereocenters. The topological polar surface area (TPSA) is 96.6 Å². The molecule has 112 valence electrons. The Morgan fingerprint density at radius 1 is 1.48 bits per heavy atom. The molecule has 0 saturated heterocycles. The summed E-state index contributed by atoms with van der Waals surface area (Å²) in [6.45, 7) is 1.52. The molecule has 1 amide bonds. The van der Waals surface area contributed by atoms with Gasteiger partial charge in [-0.05, 0) is 19.1 Å². The second-order valence-electron chi connectivity index (χ2n) is 4.66. The van der Waals surface area contributed by atoms with Crippen LogP contribution in [0.5, 0.6) is 11.5 Å². The Kier molecular flexibility index (Phi) is 4.44. The van der Waals surface area contributed by atoms with Crippen molar-refractivity contribution in [2.75, 3.05) is 11.9 Å². The molecule has 3 N–H and O–H groups in total. The third-order valence-corrected chi connectivity index (χ3v) is 2.70. The number of aromatic nitrogens is 2. The highest BCUT2D eigenvalue weighted by Crippen LogP contribution is 2.23. The van der Waals surface area contributed by atoms with Crippen LogP contribution in [0, 0.1) is 0 Å². The molecule has 7 heteroatoms. The minimum atomic E-state index is -0.432. The van der Waals surface area contributed by atoms with E-state index < -0.39 is 12.0 Å². The molecule has 0 aliphatic rings. The van der Waals surface area contributed by atoms with Crippen molar-refractivity contribution in [1.82, 2.24) is 9.78 Å². The third-order valence-electron chi connectivity index (χ3n) is 2.70. The predicted molar refractivity (Wildman–Crippen MR) is 76.4 cm³/mol. The van der Waals surface area contributed by atoms with Crippen LogP contribution in [-0.4, -0.2) is 38.6 Å². The first-order valence-electron chi connectivity index (χ1n) is 6.40.